The van der Waals surface area contributed by atoms with Gasteiger partial charge in [0.2, 0.25) is 17.6 Å². The Morgan fingerprint density at radius 3 is 3.08 bits per heavy atom. The molecule has 0 aliphatic heterocycles. The summed E-state index contributed by atoms with van der Waals surface area (Å²) >= 11 is 1.58. The van der Waals surface area contributed by atoms with Crippen LogP contribution in [-0.2, 0) is 17.8 Å². The van der Waals surface area contributed by atoms with Crippen LogP contribution in [0.25, 0.3) is 22.3 Å². The molecule has 0 unspecified atom stereocenters. The van der Waals surface area contributed by atoms with Gasteiger partial charge in [0.1, 0.15) is 0 Å². The molecule has 4 aromatic rings. The fourth-order valence-electron chi connectivity index (χ4n) is 2.90. The molecule has 26 heavy (non-hydrogen) atoms. The second-order valence-corrected chi connectivity index (χ2v) is 6.91. The summed E-state index contributed by atoms with van der Waals surface area (Å²) < 4.78 is 5.25. The maximum Gasteiger partial charge on any atom is 0.227 e. The molecule has 1 amide bonds. The number of aryl methyl sites for hydroxylation is 1. The van der Waals surface area contributed by atoms with E-state index in [1.54, 1.807) is 16.2 Å². The summed E-state index contributed by atoms with van der Waals surface area (Å²) in [5.41, 5.74) is 3.14. The molecule has 0 aliphatic rings. The minimum atomic E-state index is 0.0489. The average Bonchev–Trinajstić information content (AvgIpc) is 3.40. The molecular formula is C19H18N4O2S. The topological polar surface area (TPSA) is 75.0 Å². The fraction of sp³-hybridized carbons (Fsp3) is 0.211. The van der Waals surface area contributed by atoms with Crippen LogP contribution in [0.5, 0.6) is 0 Å². The number of aromatic amines is 1. The number of aromatic nitrogens is 3. The van der Waals surface area contributed by atoms with Crippen molar-refractivity contribution >= 4 is 28.1 Å². The van der Waals surface area contributed by atoms with Crippen molar-refractivity contribution in [3.8, 4) is 11.4 Å². The van der Waals surface area contributed by atoms with Crippen molar-refractivity contribution in [1.29, 1.82) is 0 Å². The van der Waals surface area contributed by atoms with Crippen LogP contribution in [0.4, 0.5) is 0 Å². The largest absolute Gasteiger partial charge is 0.361 e. The third kappa shape index (κ3) is 3.39. The van der Waals surface area contributed by atoms with E-state index in [9.17, 15) is 4.79 Å². The molecule has 0 atom stereocenters. The van der Waals surface area contributed by atoms with E-state index < -0.39 is 0 Å². The van der Waals surface area contributed by atoms with Gasteiger partial charge in [-0.1, -0.05) is 17.3 Å². The number of carbonyl (C=O) groups is 1. The normalized spacial score (nSPS) is 11.1. The average molecular weight is 366 g/mol. The van der Waals surface area contributed by atoms with Gasteiger partial charge in [-0.15, -0.1) is 0 Å². The molecular weight excluding hydrogens is 348 g/mol. The van der Waals surface area contributed by atoms with Crippen molar-refractivity contribution in [3.63, 3.8) is 0 Å². The highest BCUT2D eigenvalue weighted by Gasteiger charge is 2.14. The number of hydrogen-bond donors (Lipinski definition) is 1. The predicted octanol–water partition coefficient (Wildman–Crippen LogP) is 3.87. The summed E-state index contributed by atoms with van der Waals surface area (Å²) in [5.74, 6) is 1.11. The molecule has 4 rings (SSSR count). The number of thiophene rings is 1. The Morgan fingerprint density at radius 1 is 1.31 bits per heavy atom. The van der Waals surface area contributed by atoms with Gasteiger partial charge in [0, 0.05) is 54.5 Å². The van der Waals surface area contributed by atoms with Crippen LogP contribution in [0, 0.1) is 0 Å². The van der Waals surface area contributed by atoms with Gasteiger partial charge in [0.05, 0.1) is 0 Å². The lowest BCUT2D eigenvalue weighted by Crippen LogP contribution is -2.26. The molecule has 0 radical (unpaired) electrons. The summed E-state index contributed by atoms with van der Waals surface area (Å²) in [5, 5.41) is 9.05. The van der Waals surface area contributed by atoms with Gasteiger partial charge in [-0.25, -0.2) is 0 Å². The standard InChI is InChI=1S/C19H18N4O2S/c1-23(11-13-3-2-4-16-15(13)7-9-20-16)18(24)6-5-17-21-19(22-25-17)14-8-10-26-12-14/h2-4,7-10,12,20H,5-6,11H2,1H3. The third-order valence-corrected chi connectivity index (χ3v) is 5.00. The summed E-state index contributed by atoms with van der Waals surface area (Å²) in [4.78, 5) is 21.7. The van der Waals surface area contributed by atoms with Crippen molar-refractivity contribution in [2.45, 2.75) is 19.4 Å². The summed E-state index contributed by atoms with van der Waals surface area (Å²) in [6.45, 7) is 0.567. The maximum absolute atomic E-state index is 12.5. The second-order valence-electron chi connectivity index (χ2n) is 6.13. The number of benzene rings is 1. The summed E-state index contributed by atoms with van der Waals surface area (Å²) in [6, 6.07) is 10.1. The molecule has 0 saturated heterocycles. The second kappa shape index (κ2) is 7.13. The van der Waals surface area contributed by atoms with E-state index in [-0.39, 0.29) is 5.91 Å². The van der Waals surface area contributed by atoms with Crippen molar-refractivity contribution in [3.05, 3.63) is 58.7 Å². The highest BCUT2D eigenvalue weighted by atomic mass is 32.1. The number of rotatable bonds is 6. The molecule has 1 aromatic carbocycles. The number of carbonyl (C=O) groups excluding carboxylic acids is 1. The van der Waals surface area contributed by atoms with Crippen LogP contribution >= 0.6 is 11.3 Å². The van der Waals surface area contributed by atoms with Crippen molar-refractivity contribution in [2.24, 2.45) is 0 Å². The third-order valence-electron chi connectivity index (χ3n) is 4.32. The molecule has 0 aliphatic carbocycles. The number of hydrogen-bond acceptors (Lipinski definition) is 5. The van der Waals surface area contributed by atoms with Crippen LogP contribution in [-0.4, -0.2) is 33.0 Å². The molecule has 3 aromatic heterocycles. The zero-order chi connectivity index (χ0) is 17.9. The fourth-order valence-corrected chi connectivity index (χ4v) is 3.54. The van der Waals surface area contributed by atoms with E-state index in [2.05, 4.69) is 15.1 Å². The van der Waals surface area contributed by atoms with Gasteiger partial charge in [0.15, 0.2) is 0 Å². The minimum absolute atomic E-state index is 0.0489. The number of H-pyrrole nitrogens is 1. The van der Waals surface area contributed by atoms with E-state index >= 15 is 0 Å². The molecule has 0 spiro atoms. The highest BCUT2D eigenvalue weighted by molar-refractivity contribution is 7.08. The van der Waals surface area contributed by atoms with Gasteiger partial charge in [0.25, 0.3) is 0 Å². The van der Waals surface area contributed by atoms with E-state index in [0.29, 0.717) is 31.1 Å². The zero-order valence-corrected chi connectivity index (χ0v) is 15.1. The first-order valence-corrected chi connectivity index (χ1v) is 9.29. The Balaban J connectivity index is 1.36. The Hall–Kier alpha value is -2.93. The van der Waals surface area contributed by atoms with Gasteiger partial charge in [-0.05, 0) is 29.1 Å². The van der Waals surface area contributed by atoms with Crippen LogP contribution in [0.15, 0.2) is 51.8 Å². The summed E-state index contributed by atoms with van der Waals surface area (Å²) in [6.07, 6.45) is 2.69. The lowest BCUT2D eigenvalue weighted by Gasteiger charge is -2.17. The van der Waals surface area contributed by atoms with E-state index in [0.717, 1.165) is 22.0 Å². The Kier molecular flexibility index (Phi) is 4.53. The Labute approximate surface area is 154 Å². The zero-order valence-electron chi connectivity index (χ0n) is 14.3. The quantitative estimate of drug-likeness (QED) is 0.562. The first kappa shape index (κ1) is 16.5. The van der Waals surface area contributed by atoms with Gasteiger partial charge in [-0.2, -0.15) is 16.3 Å². The highest BCUT2D eigenvalue weighted by Crippen LogP contribution is 2.20. The number of fused-ring (bicyclic) bond motifs is 1. The van der Waals surface area contributed by atoms with Crippen molar-refractivity contribution in [2.75, 3.05) is 7.05 Å². The van der Waals surface area contributed by atoms with Crippen LogP contribution in [0.2, 0.25) is 0 Å². The van der Waals surface area contributed by atoms with Crippen molar-refractivity contribution < 1.29 is 9.32 Å². The Bertz CT molecular complexity index is 1020. The van der Waals surface area contributed by atoms with Crippen LogP contribution < -0.4 is 0 Å². The predicted molar refractivity (Wildman–Crippen MR) is 101 cm³/mol. The van der Waals surface area contributed by atoms with Gasteiger partial charge in [-0.3, -0.25) is 4.79 Å². The molecule has 7 heteroatoms. The van der Waals surface area contributed by atoms with Gasteiger partial charge >= 0.3 is 0 Å². The first-order valence-electron chi connectivity index (χ1n) is 8.35. The minimum Gasteiger partial charge on any atom is -0.361 e. The molecule has 132 valence electrons. The molecule has 0 bridgehead atoms. The van der Waals surface area contributed by atoms with E-state index in [1.807, 2.05) is 54.3 Å². The lowest BCUT2D eigenvalue weighted by atomic mass is 10.1. The SMILES string of the molecule is CN(Cc1cccc2[nH]ccc12)C(=O)CCc1nc(-c2ccsc2)no1. The van der Waals surface area contributed by atoms with Gasteiger partial charge < -0.3 is 14.4 Å². The summed E-state index contributed by atoms with van der Waals surface area (Å²) in [7, 11) is 1.82. The van der Waals surface area contributed by atoms with Crippen LogP contribution in [0.1, 0.15) is 17.9 Å². The number of amides is 1. The monoisotopic (exact) mass is 366 g/mol. The number of nitrogens with one attached hydrogen (secondary N) is 1. The van der Waals surface area contributed by atoms with E-state index in [4.69, 9.17) is 4.52 Å². The van der Waals surface area contributed by atoms with E-state index in [1.165, 1.54) is 0 Å². The number of nitrogens with zero attached hydrogens (tertiary/aromatic N) is 3. The molecule has 0 fully saturated rings. The van der Waals surface area contributed by atoms with Crippen LogP contribution in [0.3, 0.4) is 0 Å². The molecule has 3 heterocycles. The molecule has 6 nitrogen and oxygen atoms in total. The Morgan fingerprint density at radius 2 is 2.23 bits per heavy atom. The smallest absolute Gasteiger partial charge is 0.227 e. The lowest BCUT2D eigenvalue weighted by molar-refractivity contribution is -0.130. The maximum atomic E-state index is 12.5. The first-order chi connectivity index (χ1) is 12.7. The molecule has 0 saturated carbocycles. The van der Waals surface area contributed by atoms with Crippen molar-refractivity contribution in [1.82, 2.24) is 20.0 Å². The molecule has 1 N–H and O–H groups in total.